The summed E-state index contributed by atoms with van der Waals surface area (Å²) >= 11 is 5.90. The van der Waals surface area contributed by atoms with E-state index in [1.54, 1.807) is 0 Å². The van der Waals surface area contributed by atoms with E-state index in [1.807, 2.05) is 30.3 Å². The minimum Gasteiger partial charge on any atom is -0.502 e. The second-order valence-corrected chi connectivity index (χ2v) is 6.49. The highest BCUT2D eigenvalue weighted by Crippen LogP contribution is 2.38. The molecule has 1 aliphatic carbocycles. The molecule has 0 aromatic heterocycles. The van der Waals surface area contributed by atoms with E-state index in [2.05, 4.69) is 17.1 Å². The maximum atomic E-state index is 11.0. The van der Waals surface area contributed by atoms with Crippen molar-refractivity contribution in [3.8, 4) is 16.9 Å². The zero-order chi connectivity index (χ0) is 18.3. The first-order valence-corrected chi connectivity index (χ1v) is 8.33. The number of aromatic hydroxyl groups is 1. The van der Waals surface area contributed by atoms with E-state index in [1.165, 1.54) is 34.5 Å². The summed E-state index contributed by atoms with van der Waals surface area (Å²) in [5.41, 5.74) is 5.37. The number of nitro groups is 1. The van der Waals surface area contributed by atoms with Gasteiger partial charge < -0.3 is 5.11 Å². The van der Waals surface area contributed by atoms with E-state index in [0.29, 0.717) is 5.69 Å². The Kier molecular flexibility index (Phi) is 3.93. The van der Waals surface area contributed by atoms with Crippen LogP contribution in [-0.4, -0.2) is 16.2 Å². The van der Waals surface area contributed by atoms with E-state index in [0.717, 1.165) is 12.5 Å². The summed E-state index contributed by atoms with van der Waals surface area (Å²) in [4.78, 5) is 14.7. The second kappa shape index (κ2) is 6.28. The molecule has 0 heterocycles. The molecule has 0 radical (unpaired) electrons. The quantitative estimate of drug-likeness (QED) is 0.305. The van der Waals surface area contributed by atoms with Gasteiger partial charge in [-0.15, -0.1) is 0 Å². The Labute approximate surface area is 154 Å². The largest absolute Gasteiger partial charge is 0.502 e. The number of phenolic OH excluding ortho intramolecular Hbond substituents is 1. The van der Waals surface area contributed by atoms with Gasteiger partial charge in [0.15, 0.2) is 0 Å². The van der Waals surface area contributed by atoms with Gasteiger partial charge in [-0.25, -0.2) is 0 Å². The van der Waals surface area contributed by atoms with Gasteiger partial charge in [-0.1, -0.05) is 41.9 Å². The van der Waals surface area contributed by atoms with Crippen LogP contribution < -0.4 is 0 Å². The Morgan fingerprint density at radius 2 is 1.85 bits per heavy atom. The third-order valence-electron chi connectivity index (χ3n) is 4.41. The molecule has 0 saturated carbocycles. The van der Waals surface area contributed by atoms with Gasteiger partial charge in [0.1, 0.15) is 0 Å². The fourth-order valence-corrected chi connectivity index (χ4v) is 3.42. The summed E-state index contributed by atoms with van der Waals surface area (Å²) in [6, 6.07) is 16.7. The van der Waals surface area contributed by atoms with Gasteiger partial charge in [-0.05, 0) is 46.9 Å². The van der Waals surface area contributed by atoms with Gasteiger partial charge in [0.2, 0.25) is 5.75 Å². The highest BCUT2D eigenvalue weighted by atomic mass is 35.5. The molecule has 3 aromatic carbocycles. The molecule has 0 spiro atoms. The molecule has 6 heteroatoms. The summed E-state index contributed by atoms with van der Waals surface area (Å²) in [6.45, 7) is 0. The summed E-state index contributed by atoms with van der Waals surface area (Å²) in [5.74, 6) is -0.447. The predicted molar refractivity (Wildman–Crippen MR) is 102 cm³/mol. The maximum Gasteiger partial charge on any atom is 0.312 e. The molecule has 128 valence electrons. The first-order chi connectivity index (χ1) is 12.5. The molecular weight excluding hydrogens is 352 g/mol. The highest BCUT2D eigenvalue weighted by Gasteiger charge is 2.19. The molecule has 0 bridgehead atoms. The van der Waals surface area contributed by atoms with Gasteiger partial charge in [-0.3, -0.25) is 15.1 Å². The minimum absolute atomic E-state index is 0.167. The van der Waals surface area contributed by atoms with Crippen LogP contribution in [0.4, 0.5) is 11.4 Å². The Bertz CT molecular complexity index is 1080. The van der Waals surface area contributed by atoms with Crippen molar-refractivity contribution in [2.45, 2.75) is 6.42 Å². The maximum absolute atomic E-state index is 11.0. The van der Waals surface area contributed by atoms with Crippen LogP contribution in [0.1, 0.15) is 16.7 Å². The van der Waals surface area contributed by atoms with Crippen molar-refractivity contribution in [3.05, 3.63) is 86.4 Å². The lowest BCUT2D eigenvalue weighted by Crippen LogP contribution is -1.92. The highest BCUT2D eigenvalue weighted by molar-refractivity contribution is 6.31. The van der Waals surface area contributed by atoms with Crippen LogP contribution in [0.5, 0.6) is 5.75 Å². The summed E-state index contributed by atoms with van der Waals surface area (Å²) in [6.07, 6.45) is 2.24. The van der Waals surface area contributed by atoms with Gasteiger partial charge in [0.25, 0.3) is 0 Å². The number of phenols is 1. The topological polar surface area (TPSA) is 75.7 Å². The standard InChI is InChI=1S/C20H13ClN2O3/c21-15-8-14(20(24)19(10-15)23(25)26)11-22-16-5-6-18-13(9-16)7-12-3-1-2-4-17(12)18/h1-6,8-11,24H,7H2. The van der Waals surface area contributed by atoms with E-state index in [9.17, 15) is 15.2 Å². The zero-order valence-electron chi connectivity index (χ0n) is 13.5. The molecule has 1 aliphatic rings. The van der Waals surface area contributed by atoms with Crippen LogP contribution in [0.15, 0.2) is 59.6 Å². The molecule has 5 nitrogen and oxygen atoms in total. The first kappa shape index (κ1) is 16.3. The lowest BCUT2D eigenvalue weighted by molar-refractivity contribution is -0.385. The average Bonchev–Trinajstić information content (AvgIpc) is 2.99. The molecule has 0 unspecified atom stereocenters. The van der Waals surface area contributed by atoms with Gasteiger partial charge in [0.05, 0.1) is 10.6 Å². The molecule has 26 heavy (non-hydrogen) atoms. The number of aliphatic imine (C=N–C) groups is 1. The lowest BCUT2D eigenvalue weighted by atomic mass is 10.1. The van der Waals surface area contributed by atoms with Gasteiger partial charge >= 0.3 is 5.69 Å². The molecule has 0 atom stereocenters. The summed E-state index contributed by atoms with van der Waals surface area (Å²) in [7, 11) is 0. The van der Waals surface area contributed by atoms with Crippen LogP contribution in [-0.2, 0) is 6.42 Å². The van der Waals surface area contributed by atoms with Crippen LogP contribution in [0, 0.1) is 10.1 Å². The van der Waals surface area contributed by atoms with Crippen molar-refractivity contribution in [2.75, 3.05) is 0 Å². The average molecular weight is 365 g/mol. The molecule has 0 aliphatic heterocycles. The molecule has 0 fully saturated rings. The normalized spacial score (nSPS) is 12.2. The van der Waals surface area contributed by atoms with Crippen LogP contribution in [0.3, 0.4) is 0 Å². The van der Waals surface area contributed by atoms with Crippen molar-refractivity contribution in [1.29, 1.82) is 0 Å². The Hall–Kier alpha value is -3.18. The Balaban J connectivity index is 1.67. The van der Waals surface area contributed by atoms with E-state index in [-0.39, 0.29) is 10.6 Å². The van der Waals surface area contributed by atoms with Gasteiger partial charge in [0, 0.05) is 22.9 Å². The monoisotopic (exact) mass is 364 g/mol. The molecular formula is C20H13ClN2O3. The molecule has 3 aromatic rings. The Morgan fingerprint density at radius 1 is 1.08 bits per heavy atom. The van der Waals surface area contributed by atoms with E-state index < -0.39 is 16.4 Å². The third kappa shape index (κ3) is 2.82. The van der Waals surface area contributed by atoms with E-state index >= 15 is 0 Å². The second-order valence-electron chi connectivity index (χ2n) is 6.05. The van der Waals surface area contributed by atoms with Crippen molar-refractivity contribution >= 4 is 29.2 Å². The molecule has 4 rings (SSSR count). The number of hydrogen-bond donors (Lipinski definition) is 1. The van der Waals surface area contributed by atoms with Crippen molar-refractivity contribution < 1.29 is 10.0 Å². The number of nitro benzene ring substituents is 1. The number of benzene rings is 3. The fourth-order valence-electron chi connectivity index (χ4n) is 3.20. The Morgan fingerprint density at radius 3 is 2.65 bits per heavy atom. The number of nitrogens with zero attached hydrogens (tertiary/aromatic N) is 2. The van der Waals surface area contributed by atoms with Crippen LogP contribution in [0.2, 0.25) is 5.02 Å². The van der Waals surface area contributed by atoms with Gasteiger partial charge in [-0.2, -0.15) is 0 Å². The first-order valence-electron chi connectivity index (χ1n) is 7.95. The lowest BCUT2D eigenvalue weighted by Gasteiger charge is -2.03. The number of hydrogen-bond acceptors (Lipinski definition) is 4. The van der Waals surface area contributed by atoms with Crippen molar-refractivity contribution in [1.82, 2.24) is 0 Å². The summed E-state index contributed by atoms with van der Waals surface area (Å²) < 4.78 is 0. The molecule has 0 saturated heterocycles. The smallest absolute Gasteiger partial charge is 0.312 e. The van der Waals surface area contributed by atoms with E-state index in [4.69, 9.17) is 11.6 Å². The fraction of sp³-hybridized carbons (Fsp3) is 0.0500. The third-order valence-corrected chi connectivity index (χ3v) is 4.63. The number of halogens is 1. The van der Waals surface area contributed by atoms with Crippen molar-refractivity contribution in [2.24, 2.45) is 4.99 Å². The number of fused-ring (bicyclic) bond motifs is 3. The summed E-state index contributed by atoms with van der Waals surface area (Å²) in [5, 5.41) is 21.2. The zero-order valence-corrected chi connectivity index (χ0v) is 14.3. The number of rotatable bonds is 3. The SMILES string of the molecule is O=[N+]([O-])c1cc(Cl)cc(C=Nc2ccc3c(c2)Cc2ccccc2-3)c1O. The predicted octanol–water partition coefficient (Wildman–Crippen LogP) is 5.28. The molecule has 0 amide bonds. The van der Waals surface area contributed by atoms with Crippen LogP contribution in [0.25, 0.3) is 11.1 Å². The van der Waals surface area contributed by atoms with Crippen molar-refractivity contribution in [3.63, 3.8) is 0 Å². The minimum atomic E-state index is -0.675. The van der Waals surface area contributed by atoms with Crippen LogP contribution >= 0.6 is 11.6 Å². The molecule has 1 N–H and O–H groups in total.